The minimum absolute atomic E-state index is 0.0309. The highest BCUT2D eigenvalue weighted by atomic mass is 32.1. The number of methoxy groups -OCH3 is 2. The molecule has 0 saturated heterocycles. The van der Waals surface area contributed by atoms with Gasteiger partial charge in [-0.25, -0.2) is 9.59 Å². The molecule has 0 aliphatic carbocycles. The fourth-order valence-electron chi connectivity index (χ4n) is 1.94. The number of thiophene rings is 1. The van der Waals surface area contributed by atoms with Crippen molar-refractivity contribution < 1.29 is 24.2 Å². The maximum atomic E-state index is 11.4. The first-order valence-corrected chi connectivity index (χ1v) is 7.40. The Morgan fingerprint density at radius 1 is 1.13 bits per heavy atom. The summed E-state index contributed by atoms with van der Waals surface area (Å²) < 4.78 is 10.4. The molecule has 0 spiro atoms. The van der Waals surface area contributed by atoms with Crippen molar-refractivity contribution in [1.29, 1.82) is 0 Å². The van der Waals surface area contributed by atoms with E-state index in [1.165, 1.54) is 38.7 Å². The molecule has 8 heteroatoms. The molecular weight excluding hydrogens is 320 g/mol. The van der Waals surface area contributed by atoms with Crippen LogP contribution in [-0.4, -0.2) is 38.4 Å². The molecule has 2 amide bonds. The third-order valence-electron chi connectivity index (χ3n) is 3.08. The van der Waals surface area contributed by atoms with Crippen LogP contribution >= 0.6 is 11.3 Å². The topological polar surface area (TPSA) is 96.9 Å². The monoisotopic (exact) mass is 336 g/mol. The summed E-state index contributed by atoms with van der Waals surface area (Å²) in [5.41, 5.74) is 0.795. The molecule has 1 aromatic carbocycles. The molecule has 0 atom stereocenters. The largest absolute Gasteiger partial charge is 0.493 e. The second kappa shape index (κ2) is 7.01. The van der Waals surface area contributed by atoms with Gasteiger partial charge in [0, 0.05) is 11.9 Å². The highest BCUT2D eigenvalue weighted by molar-refractivity contribution is 7.20. The summed E-state index contributed by atoms with van der Waals surface area (Å²) in [6.07, 6.45) is 0. The predicted molar refractivity (Wildman–Crippen MR) is 87.9 cm³/mol. The number of benzene rings is 1. The first-order chi connectivity index (χ1) is 11.0. The van der Waals surface area contributed by atoms with Gasteiger partial charge in [0.25, 0.3) is 0 Å². The lowest BCUT2D eigenvalue weighted by Gasteiger charge is -2.08. The molecule has 122 valence electrons. The zero-order valence-electron chi connectivity index (χ0n) is 12.8. The van der Waals surface area contributed by atoms with Gasteiger partial charge in [0.2, 0.25) is 0 Å². The number of aromatic carboxylic acids is 1. The van der Waals surface area contributed by atoms with Gasteiger partial charge in [-0.2, -0.15) is 0 Å². The van der Waals surface area contributed by atoms with E-state index in [2.05, 4.69) is 10.6 Å². The van der Waals surface area contributed by atoms with Gasteiger partial charge in [-0.3, -0.25) is 5.32 Å². The molecule has 2 rings (SSSR count). The molecule has 1 heterocycles. The molecule has 2 aromatic rings. The maximum absolute atomic E-state index is 11.4. The first kappa shape index (κ1) is 16.6. The van der Waals surface area contributed by atoms with Crippen LogP contribution in [0, 0.1) is 0 Å². The van der Waals surface area contributed by atoms with Crippen LogP contribution in [0.5, 0.6) is 11.5 Å². The van der Waals surface area contributed by atoms with Gasteiger partial charge in [0.1, 0.15) is 5.00 Å². The predicted octanol–water partition coefficient (Wildman–Crippen LogP) is 2.88. The van der Waals surface area contributed by atoms with Gasteiger partial charge in [0.05, 0.1) is 19.8 Å². The number of carbonyl (C=O) groups is 2. The molecule has 3 N–H and O–H groups in total. The van der Waals surface area contributed by atoms with E-state index in [-0.39, 0.29) is 10.6 Å². The fourth-order valence-corrected chi connectivity index (χ4v) is 2.98. The van der Waals surface area contributed by atoms with Gasteiger partial charge in [-0.05, 0) is 29.8 Å². The molecule has 23 heavy (non-hydrogen) atoms. The highest BCUT2D eigenvalue weighted by Gasteiger charge is 2.18. The van der Waals surface area contributed by atoms with E-state index in [0.717, 1.165) is 5.56 Å². The van der Waals surface area contributed by atoms with Crippen molar-refractivity contribution in [2.24, 2.45) is 0 Å². The summed E-state index contributed by atoms with van der Waals surface area (Å²) in [5, 5.41) is 14.5. The molecule has 0 aliphatic rings. The summed E-state index contributed by atoms with van der Waals surface area (Å²) in [5.74, 6) is 0.00504. The zero-order chi connectivity index (χ0) is 17.0. The van der Waals surface area contributed by atoms with Crippen LogP contribution in [0.2, 0.25) is 0 Å². The van der Waals surface area contributed by atoms with Gasteiger partial charge < -0.3 is 19.9 Å². The summed E-state index contributed by atoms with van der Waals surface area (Å²) in [6, 6.07) is 6.32. The normalized spacial score (nSPS) is 10.0. The minimum Gasteiger partial charge on any atom is -0.493 e. The average molecular weight is 336 g/mol. The van der Waals surface area contributed by atoms with Crippen molar-refractivity contribution in [3.05, 3.63) is 29.8 Å². The fraction of sp³-hybridized carbons (Fsp3) is 0.200. The smallest absolute Gasteiger partial charge is 0.338 e. The molecule has 0 saturated carbocycles. The van der Waals surface area contributed by atoms with Crippen LogP contribution in [0.4, 0.5) is 9.80 Å². The van der Waals surface area contributed by atoms with E-state index in [1.807, 2.05) is 0 Å². The van der Waals surface area contributed by atoms with E-state index in [4.69, 9.17) is 9.47 Å². The van der Waals surface area contributed by atoms with Gasteiger partial charge in [-0.15, -0.1) is 11.3 Å². The van der Waals surface area contributed by atoms with E-state index in [9.17, 15) is 14.7 Å². The van der Waals surface area contributed by atoms with E-state index >= 15 is 0 Å². The Hall–Kier alpha value is -2.74. The van der Waals surface area contributed by atoms with Crippen molar-refractivity contribution in [2.75, 3.05) is 26.6 Å². The zero-order valence-corrected chi connectivity index (χ0v) is 13.6. The van der Waals surface area contributed by atoms with Crippen molar-refractivity contribution in [3.8, 4) is 21.9 Å². The number of carbonyl (C=O) groups excluding carboxylic acids is 1. The summed E-state index contributed by atoms with van der Waals surface area (Å²) in [4.78, 5) is 23.5. The van der Waals surface area contributed by atoms with Crippen LogP contribution in [-0.2, 0) is 0 Å². The number of nitrogens with one attached hydrogen (secondary N) is 2. The molecule has 1 aromatic heterocycles. The Bertz CT molecular complexity index is 741. The standard InChI is InChI=1S/C15H16N2O5S/c1-16-15(20)17-13-9(14(18)19)7-12(23-13)8-4-5-10(21-2)11(6-8)22-3/h4-7H,1-3H3,(H,18,19)(H2,16,17,20). The molecule has 0 fully saturated rings. The van der Waals surface area contributed by atoms with Gasteiger partial charge in [-0.1, -0.05) is 0 Å². The van der Waals surface area contributed by atoms with E-state index < -0.39 is 12.0 Å². The van der Waals surface area contributed by atoms with Crippen molar-refractivity contribution >= 4 is 28.3 Å². The van der Waals surface area contributed by atoms with Crippen LogP contribution in [0.1, 0.15) is 10.4 Å². The number of amides is 2. The first-order valence-electron chi connectivity index (χ1n) is 6.58. The third kappa shape index (κ3) is 3.54. The van der Waals surface area contributed by atoms with Crippen molar-refractivity contribution in [1.82, 2.24) is 5.32 Å². The third-order valence-corrected chi connectivity index (χ3v) is 4.18. The number of carboxylic acids is 1. The average Bonchev–Trinajstić information content (AvgIpc) is 2.98. The molecule has 0 aliphatic heterocycles. The van der Waals surface area contributed by atoms with Crippen LogP contribution in [0.3, 0.4) is 0 Å². The number of ether oxygens (including phenoxy) is 2. The van der Waals surface area contributed by atoms with Crippen LogP contribution < -0.4 is 20.1 Å². The number of anilines is 1. The quantitative estimate of drug-likeness (QED) is 0.780. The second-order valence-electron chi connectivity index (χ2n) is 4.43. The lowest BCUT2D eigenvalue weighted by molar-refractivity contribution is 0.0698. The van der Waals surface area contributed by atoms with Crippen molar-refractivity contribution in [3.63, 3.8) is 0 Å². The Balaban J connectivity index is 2.45. The Morgan fingerprint density at radius 2 is 1.83 bits per heavy atom. The Morgan fingerprint density at radius 3 is 2.39 bits per heavy atom. The number of hydrogen-bond donors (Lipinski definition) is 3. The van der Waals surface area contributed by atoms with Crippen LogP contribution in [0.15, 0.2) is 24.3 Å². The number of carboxylic acid groups (broad SMARTS) is 1. The molecular formula is C15H16N2O5S. The van der Waals surface area contributed by atoms with Crippen LogP contribution in [0.25, 0.3) is 10.4 Å². The molecule has 0 unspecified atom stereocenters. The minimum atomic E-state index is -1.11. The summed E-state index contributed by atoms with van der Waals surface area (Å²) >= 11 is 1.17. The van der Waals surface area contributed by atoms with Gasteiger partial charge in [0.15, 0.2) is 11.5 Å². The summed E-state index contributed by atoms with van der Waals surface area (Å²) in [7, 11) is 4.52. The number of rotatable bonds is 5. The highest BCUT2D eigenvalue weighted by Crippen LogP contribution is 2.39. The Labute approximate surface area is 136 Å². The molecule has 0 bridgehead atoms. The summed E-state index contributed by atoms with van der Waals surface area (Å²) in [6.45, 7) is 0. The number of hydrogen-bond acceptors (Lipinski definition) is 5. The SMILES string of the molecule is CNC(=O)Nc1sc(-c2ccc(OC)c(OC)c2)cc1C(=O)O. The molecule has 7 nitrogen and oxygen atoms in total. The van der Waals surface area contributed by atoms with E-state index in [0.29, 0.717) is 16.4 Å². The van der Waals surface area contributed by atoms with E-state index in [1.54, 1.807) is 18.2 Å². The lowest BCUT2D eigenvalue weighted by atomic mass is 10.1. The Kier molecular flexibility index (Phi) is 5.07. The number of urea groups is 1. The maximum Gasteiger partial charge on any atom is 0.338 e. The lowest BCUT2D eigenvalue weighted by Crippen LogP contribution is -2.24. The molecule has 0 radical (unpaired) electrons. The second-order valence-corrected chi connectivity index (χ2v) is 5.48. The van der Waals surface area contributed by atoms with Crippen molar-refractivity contribution in [2.45, 2.75) is 0 Å². The van der Waals surface area contributed by atoms with Gasteiger partial charge >= 0.3 is 12.0 Å².